The Bertz CT molecular complexity index is 453. The van der Waals surface area contributed by atoms with Crippen LogP contribution in [0.4, 0.5) is 0 Å². The molecule has 0 saturated carbocycles. The fourth-order valence-corrected chi connectivity index (χ4v) is 1.83. The molecule has 1 rings (SSSR count). The molecule has 5 nitrogen and oxygen atoms in total. The Balaban J connectivity index is 0.000000459. The smallest absolute Gasteiger partial charge is 0.294 e. The first-order chi connectivity index (χ1) is 8.82. The summed E-state index contributed by atoms with van der Waals surface area (Å²) in [5, 5.41) is 11.1. The highest BCUT2D eigenvalue weighted by molar-refractivity contribution is 7.85. The summed E-state index contributed by atoms with van der Waals surface area (Å²) in [6.07, 6.45) is 0. The van der Waals surface area contributed by atoms with Crippen LogP contribution < -0.4 is 5.32 Å². The van der Waals surface area contributed by atoms with Gasteiger partial charge in [-0.15, -0.1) is 0 Å². The molecule has 0 unspecified atom stereocenters. The Kier molecular flexibility index (Phi) is 8.58. The van der Waals surface area contributed by atoms with Crippen LogP contribution >= 0.6 is 0 Å². The van der Waals surface area contributed by atoms with Crippen LogP contribution in [0.2, 0.25) is 0 Å². The van der Waals surface area contributed by atoms with Gasteiger partial charge in [-0.3, -0.25) is 4.55 Å². The molecule has 0 saturated heterocycles. The summed E-state index contributed by atoms with van der Waals surface area (Å²) in [5.74, 6) is 0.252. The Morgan fingerprint density at radius 1 is 1.32 bits per heavy atom. The number of nitrogens with one attached hydrogen (secondary N) is 1. The van der Waals surface area contributed by atoms with Crippen molar-refractivity contribution in [3.05, 3.63) is 29.8 Å². The summed E-state index contributed by atoms with van der Waals surface area (Å²) < 4.78 is 30.3. The Morgan fingerprint density at radius 3 is 2.32 bits per heavy atom. The van der Waals surface area contributed by atoms with E-state index >= 15 is 0 Å². The lowest BCUT2D eigenvalue weighted by Crippen LogP contribution is -2.16. The fourth-order valence-electron chi connectivity index (χ4n) is 1.29. The molecule has 0 radical (unpaired) electrons. The molecule has 3 N–H and O–H groups in total. The van der Waals surface area contributed by atoms with Crippen LogP contribution in [-0.2, 0) is 10.1 Å². The van der Waals surface area contributed by atoms with E-state index in [0.29, 0.717) is 0 Å². The van der Waals surface area contributed by atoms with Gasteiger partial charge in [0.15, 0.2) is 0 Å². The zero-order chi connectivity index (χ0) is 14.9. The van der Waals surface area contributed by atoms with Crippen molar-refractivity contribution >= 4 is 10.1 Å². The van der Waals surface area contributed by atoms with Crippen LogP contribution in [0.25, 0.3) is 0 Å². The van der Waals surface area contributed by atoms with Crippen LogP contribution in [0, 0.1) is 0 Å². The number of aliphatic hydroxyl groups excluding tert-OH is 1. The van der Waals surface area contributed by atoms with Crippen LogP contribution in [0.3, 0.4) is 0 Å². The average Bonchev–Trinajstić information content (AvgIpc) is 2.36. The highest BCUT2D eigenvalue weighted by Gasteiger charge is 2.10. The van der Waals surface area contributed by atoms with Crippen LogP contribution in [0.5, 0.6) is 0 Å². The monoisotopic (exact) mass is 289 g/mol. The minimum atomic E-state index is -4.06. The van der Waals surface area contributed by atoms with E-state index in [1.807, 2.05) is 26.8 Å². The van der Waals surface area contributed by atoms with Crippen LogP contribution in [0.1, 0.15) is 32.3 Å². The predicted molar refractivity (Wildman–Crippen MR) is 76.0 cm³/mol. The summed E-state index contributed by atoms with van der Waals surface area (Å²) in [5.41, 5.74) is 0.898. The van der Waals surface area contributed by atoms with Crippen LogP contribution in [0.15, 0.2) is 29.2 Å². The molecule has 0 aliphatic rings. The number of aliphatic hydroxyl groups is 1. The molecular weight excluding hydrogens is 266 g/mol. The quantitative estimate of drug-likeness (QED) is 0.567. The first kappa shape index (κ1) is 18.0. The maximum absolute atomic E-state index is 10.8. The van der Waals surface area contributed by atoms with Gasteiger partial charge < -0.3 is 10.4 Å². The van der Waals surface area contributed by atoms with Gasteiger partial charge in [0.2, 0.25) is 0 Å². The predicted octanol–water partition coefficient (Wildman–Crippen LogP) is 1.64. The van der Waals surface area contributed by atoms with E-state index in [9.17, 15) is 8.42 Å². The van der Waals surface area contributed by atoms with Crippen molar-refractivity contribution in [2.75, 3.05) is 19.7 Å². The molecule has 0 atom stereocenters. The lowest BCUT2D eigenvalue weighted by Gasteiger charge is -2.05. The van der Waals surface area contributed by atoms with Gasteiger partial charge in [0, 0.05) is 6.54 Å². The topological polar surface area (TPSA) is 86.6 Å². The zero-order valence-electron chi connectivity index (χ0n) is 11.6. The Morgan fingerprint density at radius 2 is 1.95 bits per heavy atom. The van der Waals surface area contributed by atoms with Gasteiger partial charge in [-0.1, -0.05) is 32.9 Å². The normalized spacial score (nSPS) is 11.1. The molecule has 1 aromatic rings. The van der Waals surface area contributed by atoms with Gasteiger partial charge >= 0.3 is 0 Å². The lowest BCUT2D eigenvalue weighted by molar-refractivity contribution is 0.293. The Labute approximate surface area is 115 Å². The van der Waals surface area contributed by atoms with E-state index in [-0.39, 0.29) is 17.4 Å². The van der Waals surface area contributed by atoms with Crippen molar-refractivity contribution in [1.82, 2.24) is 5.32 Å². The van der Waals surface area contributed by atoms with Crippen LogP contribution in [-0.4, -0.2) is 37.8 Å². The summed E-state index contributed by atoms with van der Waals surface area (Å²) in [7, 11) is -4.06. The second-order valence-electron chi connectivity index (χ2n) is 4.28. The van der Waals surface area contributed by atoms with E-state index in [4.69, 9.17) is 9.66 Å². The maximum Gasteiger partial charge on any atom is 0.294 e. The SMILES string of the molecule is CC(C)c1cccc(S(=O)(=O)O)c1.CCNCCO. The molecule has 0 aliphatic heterocycles. The van der Waals surface area contributed by atoms with E-state index in [1.165, 1.54) is 12.1 Å². The number of hydrogen-bond acceptors (Lipinski definition) is 4. The van der Waals surface area contributed by atoms with Gasteiger partial charge in [-0.25, -0.2) is 0 Å². The molecule has 0 heterocycles. The lowest BCUT2D eigenvalue weighted by atomic mass is 10.0. The van der Waals surface area contributed by atoms with Crippen molar-refractivity contribution in [3.8, 4) is 0 Å². The summed E-state index contributed by atoms with van der Waals surface area (Å²) in [4.78, 5) is -0.0429. The zero-order valence-corrected chi connectivity index (χ0v) is 12.4. The molecular formula is C13H23NO4S. The minimum Gasteiger partial charge on any atom is -0.395 e. The maximum atomic E-state index is 10.8. The standard InChI is InChI=1S/C9H12O3S.C4H11NO/c1-7(2)8-4-3-5-9(6-8)13(10,11)12;1-2-5-3-4-6/h3-7H,1-2H3,(H,10,11,12);5-6H,2-4H2,1H3. The molecule has 0 fully saturated rings. The van der Waals surface area contributed by atoms with E-state index < -0.39 is 10.1 Å². The second-order valence-corrected chi connectivity index (χ2v) is 5.70. The van der Waals surface area contributed by atoms with Crippen molar-refractivity contribution in [2.24, 2.45) is 0 Å². The number of likely N-dealkylation sites (N-methyl/N-ethyl adjacent to an activating group) is 1. The largest absolute Gasteiger partial charge is 0.395 e. The molecule has 0 aliphatic carbocycles. The molecule has 1 aromatic carbocycles. The third-order valence-corrected chi connectivity index (χ3v) is 3.21. The highest BCUT2D eigenvalue weighted by atomic mass is 32.2. The molecule has 19 heavy (non-hydrogen) atoms. The van der Waals surface area contributed by atoms with E-state index in [0.717, 1.165) is 18.7 Å². The molecule has 0 amide bonds. The molecule has 0 spiro atoms. The first-order valence-corrected chi connectivity index (χ1v) is 7.66. The first-order valence-electron chi connectivity index (χ1n) is 6.22. The van der Waals surface area contributed by atoms with Crippen molar-refractivity contribution < 1.29 is 18.1 Å². The molecule has 6 heteroatoms. The number of hydrogen-bond donors (Lipinski definition) is 3. The molecule has 0 aromatic heterocycles. The summed E-state index contributed by atoms with van der Waals surface area (Å²) in [6.45, 7) is 7.84. The van der Waals surface area contributed by atoms with Gasteiger partial charge in [0.1, 0.15) is 0 Å². The number of rotatable bonds is 5. The van der Waals surface area contributed by atoms with Crippen molar-refractivity contribution in [3.63, 3.8) is 0 Å². The minimum absolute atomic E-state index is 0.0429. The summed E-state index contributed by atoms with van der Waals surface area (Å²) >= 11 is 0. The van der Waals surface area contributed by atoms with Gasteiger partial charge in [0.05, 0.1) is 11.5 Å². The van der Waals surface area contributed by atoms with Gasteiger partial charge in [0.25, 0.3) is 10.1 Å². The highest BCUT2D eigenvalue weighted by Crippen LogP contribution is 2.17. The second kappa shape index (κ2) is 9.03. The van der Waals surface area contributed by atoms with E-state index in [1.54, 1.807) is 6.07 Å². The van der Waals surface area contributed by atoms with Gasteiger partial charge in [-0.05, 0) is 30.2 Å². The number of benzene rings is 1. The third-order valence-electron chi connectivity index (χ3n) is 2.36. The van der Waals surface area contributed by atoms with Crippen molar-refractivity contribution in [2.45, 2.75) is 31.6 Å². The van der Waals surface area contributed by atoms with Crippen molar-refractivity contribution in [1.29, 1.82) is 0 Å². The van der Waals surface area contributed by atoms with Gasteiger partial charge in [-0.2, -0.15) is 8.42 Å². The third kappa shape index (κ3) is 7.94. The average molecular weight is 289 g/mol. The fraction of sp³-hybridized carbons (Fsp3) is 0.538. The molecule has 110 valence electrons. The van der Waals surface area contributed by atoms with E-state index in [2.05, 4.69) is 5.32 Å². The summed E-state index contributed by atoms with van der Waals surface area (Å²) in [6, 6.07) is 6.32. The molecule has 0 bridgehead atoms. The Hall–Kier alpha value is -0.950.